The van der Waals surface area contributed by atoms with Crippen molar-refractivity contribution in [3.63, 3.8) is 0 Å². The molecule has 0 aliphatic carbocycles. The first-order valence-electron chi connectivity index (χ1n) is 5.55. The Morgan fingerprint density at radius 2 is 1.94 bits per heavy atom. The first-order chi connectivity index (χ1) is 8.28. The third-order valence-corrected chi connectivity index (χ3v) is 2.45. The summed E-state index contributed by atoms with van der Waals surface area (Å²) in [6.07, 6.45) is 0.494. The van der Waals surface area contributed by atoms with Crippen LogP contribution in [0.3, 0.4) is 0 Å². The zero-order chi connectivity index (χ0) is 13.9. The zero-order valence-corrected chi connectivity index (χ0v) is 11.1. The van der Waals surface area contributed by atoms with Crippen molar-refractivity contribution >= 4 is 5.97 Å². The van der Waals surface area contributed by atoms with Gasteiger partial charge in [0.15, 0.2) is 11.5 Å². The molecule has 0 radical (unpaired) electrons. The van der Waals surface area contributed by atoms with Crippen LogP contribution in [-0.2, 0) is 6.42 Å². The van der Waals surface area contributed by atoms with Gasteiger partial charge in [0.25, 0.3) is 0 Å². The van der Waals surface area contributed by atoms with E-state index in [2.05, 4.69) is 0 Å². The van der Waals surface area contributed by atoms with Gasteiger partial charge in [0, 0.05) is 11.1 Å². The van der Waals surface area contributed by atoms with Crippen molar-refractivity contribution in [2.24, 2.45) is 5.73 Å². The molecular weight excluding hydrogens is 234 g/mol. The number of aromatic carboxylic acids is 1. The second-order valence-electron chi connectivity index (χ2n) is 4.84. The standard InChI is InChI=1S/C13H19NO4/c1-13(2,14)7-9-5-8(12(15)16)6-10(17-3)11(9)18-4/h5-6H,7,14H2,1-4H3,(H,15,16). The Labute approximate surface area is 107 Å². The Balaban J connectivity index is 3.35. The Hall–Kier alpha value is -1.75. The summed E-state index contributed by atoms with van der Waals surface area (Å²) in [5, 5.41) is 9.06. The number of benzene rings is 1. The predicted molar refractivity (Wildman–Crippen MR) is 68.5 cm³/mol. The van der Waals surface area contributed by atoms with Gasteiger partial charge in [-0.2, -0.15) is 0 Å². The number of hydrogen-bond donors (Lipinski definition) is 2. The van der Waals surface area contributed by atoms with Gasteiger partial charge in [-0.3, -0.25) is 0 Å². The van der Waals surface area contributed by atoms with Crippen LogP contribution >= 0.6 is 0 Å². The maximum atomic E-state index is 11.1. The first-order valence-corrected chi connectivity index (χ1v) is 5.55. The number of methoxy groups -OCH3 is 2. The summed E-state index contributed by atoms with van der Waals surface area (Å²) in [6, 6.07) is 3.01. The summed E-state index contributed by atoms with van der Waals surface area (Å²) in [4.78, 5) is 11.1. The Morgan fingerprint density at radius 1 is 1.33 bits per heavy atom. The van der Waals surface area contributed by atoms with Gasteiger partial charge in [-0.05, 0) is 32.4 Å². The van der Waals surface area contributed by atoms with E-state index in [0.29, 0.717) is 17.9 Å². The van der Waals surface area contributed by atoms with Gasteiger partial charge < -0.3 is 20.3 Å². The van der Waals surface area contributed by atoms with E-state index < -0.39 is 11.5 Å². The van der Waals surface area contributed by atoms with Crippen molar-refractivity contribution in [1.29, 1.82) is 0 Å². The van der Waals surface area contributed by atoms with Crippen LogP contribution in [0.4, 0.5) is 0 Å². The molecule has 1 rings (SSSR count). The molecule has 18 heavy (non-hydrogen) atoms. The van der Waals surface area contributed by atoms with Crippen molar-refractivity contribution in [2.75, 3.05) is 14.2 Å². The molecule has 5 nitrogen and oxygen atoms in total. The van der Waals surface area contributed by atoms with Crippen LogP contribution in [0, 0.1) is 0 Å². The monoisotopic (exact) mass is 253 g/mol. The van der Waals surface area contributed by atoms with Crippen LogP contribution < -0.4 is 15.2 Å². The molecule has 0 aliphatic rings. The highest BCUT2D eigenvalue weighted by atomic mass is 16.5. The van der Waals surface area contributed by atoms with Crippen LogP contribution in [0.1, 0.15) is 29.8 Å². The molecule has 1 aromatic carbocycles. The topological polar surface area (TPSA) is 81.8 Å². The molecule has 5 heteroatoms. The molecule has 0 spiro atoms. The minimum absolute atomic E-state index is 0.159. The number of ether oxygens (including phenoxy) is 2. The minimum Gasteiger partial charge on any atom is -0.493 e. The lowest BCUT2D eigenvalue weighted by atomic mass is 9.94. The fraction of sp³-hybridized carbons (Fsp3) is 0.462. The molecule has 0 aliphatic heterocycles. The van der Waals surface area contributed by atoms with Crippen molar-refractivity contribution < 1.29 is 19.4 Å². The lowest BCUT2D eigenvalue weighted by Gasteiger charge is -2.21. The number of carboxylic acid groups (broad SMARTS) is 1. The maximum absolute atomic E-state index is 11.1. The van der Waals surface area contributed by atoms with Crippen molar-refractivity contribution in [3.05, 3.63) is 23.3 Å². The first kappa shape index (κ1) is 14.3. The molecular formula is C13H19NO4. The van der Waals surface area contributed by atoms with Gasteiger partial charge in [0.1, 0.15) is 0 Å². The largest absolute Gasteiger partial charge is 0.493 e. The summed E-state index contributed by atoms with van der Waals surface area (Å²) >= 11 is 0. The number of hydrogen-bond acceptors (Lipinski definition) is 4. The molecule has 100 valence electrons. The highest BCUT2D eigenvalue weighted by Crippen LogP contribution is 2.34. The highest BCUT2D eigenvalue weighted by Gasteiger charge is 2.20. The van der Waals surface area contributed by atoms with E-state index in [-0.39, 0.29) is 5.56 Å². The van der Waals surface area contributed by atoms with Crippen LogP contribution in [0.15, 0.2) is 12.1 Å². The minimum atomic E-state index is -1.01. The van der Waals surface area contributed by atoms with E-state index in [1.165, 1.54) is 20.3 Å². The lowest BCUT2D eigenvalue weighted by Crippen LogP contribution is -2.34. The van der Waals surface area contributed by atoms with Gasteiger partial charge in [-0.25, -0.2) is 4.79 Å². The third kappa shape index (κ3) is 3.37. The van der Waals surface area contributed by atoms with Gasteiger partial charge >= 0.3 is 5.97 Å². The summed E-state index contributed by atoms with van der Waals surface area (Å²) in [5.74, 6) is -0.0790. The van der Waals surface area contributed by atoms with E-state index in [4.69, 9.17) is 20.3 Å². The molecule has 0 saturated carbocycles. The molecule has 0 fully saturated rings. The van der Waals surface area contributed by atoms with E-state index >= 15 is 0 Å². The van der Waals surface area contributed by atoms with Gasteiger partial charge in [-0.1, -0.05) is 0 Å². The van der Waals surface area contributed by atoms with E-state index in [0.717, 1.165) is 5.56 Å². The Kier molecular flexibility index (Phi) is 4.19. The number of rotatable bonds is 5. The normalized spacial score (nSPS) is 11.2. The van der Waals surface area contributed by atoms with Gasteiger partial charge in [-0.15, -0.1) is 0 Å². The zero-order valence-electron chi connectivity index (χ0n) is 11.1. The molecule has 0 saturated heterocycles. The molecule has 0 atom stereocenters. The number of carboxylic acids is 1. The molecule has 0 aromatic heterocycles. The fourth-order valence-electron chi connectivity index (χ4n) is 1.79. The molecule has 0 unspecified atom stereocenters. The summed E-state index contributed by atoms with van der Waals surface area (Å²) < 4.78 is 10.4. The second kappa shape index (κ2) is 5.27. The SMILES string of the molecule is COc1cc(C(=O)O)cc(CC(C)(C)N)c1OC. The van der Waals surface area contributed by atoms with Gasteiger partial charge in [0.05, 0.1) is 19.8 Å². The van der Waals surface area contributed by atoms with Crippen LogP contribution in [0.2, 0.25) is 0 Å². The molecule has 3 N–H and O–H groups in total. The summed E-state index contributed by atoms with van der Waals surface area (Å²) in [5.41, 5.74) is 6.39. The van der Waals surface area contributed by atoms with Crippen molar-refractivity contribution in [1.82, 2.24) is 0 Å². The summed E-state index contributed by atoms with van der Waals surface area (Å²) in [6.45, 7) is 3.73. The van der Waals surface area contributed by atoms with E-state index in [1.807, 2.05) is 13.8 Å². The maximum Gasteiger partial charge on any atom is 0.335 e. The number of carbonyl (C=O) groups is 1. The Morgan fingerprint density at radius 3 is 2.33 bits per heavy atom. The van der Waals surface area contributed by atoms with Crippen molar-refractivity contribution in [3.8, 4) is 11.5 Å². The Bertz CT molecular complexity index is 449. The van der Waals surface area contributed by atoms with E-state index in [9.17, 15) is 4.79 Å². The number of nitrogens with two attached hydrogens (primary N) is 1. The quantitative estimate of drug-likeness (QED) is 0.834. The van der Waals surface area contributed by atoms with Crippen LogP contribution in [0.5, 0.6) is 11.5 Å². The smallest absolute Gasteiger partial charge is 0.335 e. The fourth-order valence-corrected chi connectivity index (χ4v) is 1.79. The molecule has 0 heterocycles. The molecule has 1 aromatic rings. The van der Waals surface area contributed by atoms with Gasteiger partial charge in [0.2, 0.25) is 0 Å². The predicted octanol–water partition coefficient (Wildman–Crippen LogP) is 1.68. The third-order valence-electron chi connectivity index (χ3n) is 2.45. The summed E-state index contributed by atoms with van der Waals surface area (Å²) in [7, 11) is 2.99. The van der Waals surface area contributed by atoms with Crippen LogP contribution in [-0.4, -0.2) is 30.8 Å². The molecule has 0 amide bonds. The van der Waals surface area contributed by atoms with Crippen molar-refractivity contribution in [2.45, 2.75) is 25.8 Å². The van der Waals surface area contributed by atoms with E-state index in [1.54, 1.807) is 6.07 Å². The second-order valence-corrected chi connectivity index (χ2v) is 4.84. The average Bonchev–Trinajstić information content (AvgIpc) is 2.25. The lowest BCUT2D eigenvalue weighted by molar-refractivity contribution is 0.0696. The van der Waals surface area contributed by atoms with Crippen LogP contribution in [0.25, 0.3) is 0 Å². The average molecular weight is 253 g/mol. The highest BCUT2D eigenvalue weighted by molar-refractivity contribution is 5.89. The molecule has 0 bridgehead atoms.